The minimum absolute atomic E-state index is 0.0223. The zero-order chi connectivity index (χ0) is 24.5. The molecular formula is C20H17ClN6O4S3. The Morgan fingerprint density at radius 1 is 1.21 bits per heavy atom. The van der Waals surface area contributed by atoms with Crippen LogP contribution in [-0.4, -0.2) is 50.5 Å². The van der Waals surface area contributed by atoms with Crippen LogP contribution in [0.1, 0.15) is 5.69 Å². The van der Waals surface area contributed by atoms with Crippen molar-refractivity contribution in [2.24, 2.45) is 5.14 Å². The van der Waals surface area contributed by atoms with Gasteiger partial charge in [-0.1, -0.05) is 52.9 Å². The van der Waals surface area contributed by atoms with Crippen LogP contribution in [0.5, 0.6) is 0 Å². The number of hydroxylamine groups is 2. The lowest BCUT2D eigenvalue weighted by atomic mass is 10.1. The molecular weight excluding hydrogens is 520 g/mol. The van der Waals surface area contributed by atoms with Crippen molar-refractivity contribution in [1.29, 1.82) is 0 Å². The van der Waals surface area contributed by atoms with Gasteiger partial charge >= 0.3 is 0 Å². The fourth-order valence-electron chi connectivity index (χ4n) is 2.97. The summed E-state index contributed by atoms with van der Waals surface area (Å²) in [6, 6.07) is 13.0. The highest BCUT2D eigenvalue weighted by atomic mass is 35.5. The van der Waals surface area contributed by atoms with Gasteiger partial charge in [0.25, 0.3) is 0 Å². The number of oxazole rings is 1. The number of rotatable bonds is 6. The molecule has 176 valence electrons. The van der Waals surface area contributed by atoms with Crippen LogP contribution >= 0.6 is 35.6 Å². The van der Waals surface area contributed by atoms with E-state index in [9.17, 15) is 13.6 Å². The van der Waals surface area contributed by atoms with Gasteiger partial charge in [-0.15, -0.1) is 5.10 Å². The third-order valence-corrected chi connectivity index (χ3v) is 7.35. The standard InChI is InChI=1S/C20H17ClN6O4S3/c1-27(28)20(32)33-10-15-17(25-26-24-15)19-23-16(11-2-6-13(21)7-3-11)18(31-19)12-4-8-14(9-5-12)34(22,29)30/h2-9,28H,10H2,1H3,(H2,22,29,30)(H,24,25,26). The average molecular weight is 537 g/mol. The molecule has 0 amide bonds. The van der Waals surface area contributed by atoms with Gasteiger partial charge in [-0.25, -0.2) is 23.6 Å². The summed E-state index contributed by atoms with van der Waals surface area (Å²) in [5, 5.41) is 26.8. The molecule has 0 aliphatic heterocycles. The van der Waals surface area contributed by atoms with E-state index in [1.54, 1.807) is 36.4 Å². The van der Waals surface area contributed by atoms with Crippen molar-refractivity contribution >= 4 is 49.9 Å². The number of H-pyrrole nitrogens is 1. The van der Waals surface area contributed by atoms with Crippen LogP contribution < -0.4 is 5.14 Å². The summed E-state index contributed by atoms with van der Waals surface area (Å²) in [6.07, 6.45) is 0. The Morgan fingerprint density at radius 2 is 1.85 bits per heavy atom. The lowest BCUT2D eigenvalue weighted by Crippen LogP contribution is -2.17. The molecule has 0 unspecified atom stereocenters. The van der Waals surface area contributed by atoms with E-state index >= 15 is 0 Å². The summed E-state index contributed by atoms with van der Waals surface area (Å²) >= 11 is 12.3. The second-order valence-corrected chi connectivity index (χ2v) is 10.6. The van der Waals surface area contributed by atoms with Crippen LogP contribution in [0, 0.1) is 0 Å². The highest BCUT2D eigenvalue weighted by molar-refractivity contribution is 8.22. The van der Waals surface area contributed by atoms with E-state index in [1.807, 2.05) is 0 Å². The summed E-state index contributed by atoms with van der Waals surface area (Å²) < 4.78 is 29.6. The van der Waals surface area contributed by atoms with E-state index in [0.717, 1.165) is 10.6 Å². The van der Waals surface area contributed by atoms with Crippen LogP contribution in [0.15, 0.2) is 57.8 Å². The molecule has 0 aliphatic carbocycles. The zero-order valence-corrected chi connectivity index (χ0v) is 20.7. The second kappa shape index (κ2) is 9.82. The van der Waals surface area contributed by atoms with Crippen molar-refractivity contribution < 1.29 is 18.0 Å². The molecule has 2 aromatic heterocycles. The summed E-state index contributed by atoms with van der Waals surface area (Å²) in [6.45, 7) is 0. The Bertz CT molecular complexity index is 1430. The number of aromatic amines is 1. The van der Waals surface area contributed by atoms with E-state index in [4.69, 9.17) is 33.4 Å². The van der Waals surface area contributed by atoms with Gasteiger partial charge in [-0.3, -0.25) is 10.3 Å². The van der Waals surface area contributed by atoms with Crippen LogP contribution in [0.25, 0.3) is 34.2 Å². The van der Waals surface area contributed by atoms with Crippen LogP contribution in [-0.2, 0) is 15.8 Å². The van der Waals surface area contributed by atoms with Gasteiger partial charge in [-0.2, -0.15) is 0 Å². The van der Waals surface area contributed by atoms with E-state index in [1.165, 1.54) is 30.9 Å². The minimum Gasteiger partial charge on any atom is -0.434 e. The molecule has 2 heterocycles. The fraction of sp³-hybridized carbons (Fsp3) is 0.100. The Kier molecular flexibility index (Phi) is 7.02. The van der Waals surface area contributed by atoms with Crippen molar-refractivity contribution in [3.8, 4) is 34.2 Å². The quantitative estimate of drug-likeness (QED) is 0.244. The van der Waals surface area contributed by atoms with Gasteiger partial charge in [0, 0.05) is 29.0 Å². The second-order valence-electron chi connectivity index (χ2n) is 6.98. The lowest BCUT2D eigenvalue weighted by Gasteiger charge is -2.09. The number of halogens is 1. The molecule has 2 aromatic carbocycles. The maximum absolute atomic E-state index is 11.6. The molecule has 14 heteroatoms. The van der Waals surface area contributed by atoms with Crippen LogP contribution in [0.4, 0.5) is 0 Å². The number of primary sulfonamides is 1. The van der Waals surface area contributed by atoms with Gasteiger partial charge in [0.15, 0.2) is 10.1 Å². The first-order valence-electron chi connectivity index (χ1n) is 9.53. The Hall–Kier alpha value is -2.81. The molecule has 0 spiro atoms. The van der Waals surface area contributed by atoms with E-state index in [-0.39, 0.29) is 15.1 Å². The first-order valence-corrected chi connectivity index (χ1v) is 12.8. The number of nitrogens with one attached hydrogen (secondary N) is 1. The van der Waals surface area contributed by atoms with E-state index in [2.05, 4.69) is 20.4 Å². The first-order chi connectivity index (χ1) is 16.1. The summed E-state index contributed by atoms with van der Waals surface area (Å²) in [7, 11) is -2.41. The highest BCUT2D eigenvalue weighted by Gasteiger charge is 2.22. The zero-order valence-electron chi connectivity index (χ0n) is 17.5. The Morgan fingerprint density at radius 3 is 2.47 bits per heavy atom. The largest absolute Gasteiger partial charge is 0.434 e. The predicted octanol–water partition coefficient (Wildman–Crippen LogP) is 3.93. The van der Waals surface area contributed by atoms with E-state index in [0.29, 0.717) is 39.2 Å². The number of sulfonamides is 1. The first kappa shape index (κ1) is 24.3. The van der Waals surface area contributed by atoms with Crippen LogP contribution in [0.3, 0.4) is 0 Å². The monoisotopic (exact) mass is 536 g/mol. The molecule has 0 radical (unpaired) electrons. The third kappa shape index (κ3) is 5.29. The maximum Gasteiger partial charge on any atom is 0.247 e. The van der Waals surface area contributed by atoms with Crippen molar-refractivity contribution in [2.45, 2.75) is 10.6 Å². The number of thiocarbonyl (C=S) groups is 1. The molecule has 0 saturated heterocycles. The summed E-state index contributed by atoms with van der Waals surface area (Å²) in [5.74, 6) is 0.934. The number of aromatic nitrogens is 4. The topological polar surface area (TPSA) is 151 Å². The molecule has 4 aromatic rings. The number of thioether (sulfide) groups is 1. The number of hydrogen-bond donors (Lipinski definition) is 3. The third-order valence-electron chi connectivity index (χ3n) is 4.62. The van der Waals surface area contributed by atoms with Crippen molar-refractivity contribution in [3.05, 3.63) is 59.2 Å². The Balaban J connectivity index is 1.78. The number of nitrogens with zero attached hydrogens (tertiary/aromatic N) is 4. The molecule has 0 saturated carbocycles. The van der Waals surface area contributed by atoms with Crippen molar-refractivity contribution in [2.75, 3.05) is 7.05 Å². The molecule has 34 heavy (non-hydrogen) atoms. The van der Waals surface area contributed by atoms with Gasteiger partial charge < -0.3 is 4.42 Å². The fourth-order valence-corrected chi connectivity index (χ4v) is 4.44. The average Bonchev–Trinajstić information content (AvgIpc) is 3.44. The van der Waals surface area contributed by atoms with Gasteiger partial charge in [-0.05, 0) is 36.4 Å². The molecule has 10 nitrogen and oxygen atoms in total. The summed E-state index contributed by atoms with van der Waals surface area (Å²) in [5.41, 5.74) is 2.79. The maximum atomic E-state index is 11.6. The van der Waals surface area contributed by atoms with Gasteiger partial charge in [0.1, 0.15) is 17.1 Å². The molecule has 0 fully saturated rings. The number of hydrogen-bond acceptors (Lipinski definition) is 9. The van der Waals surface area contributed by atoms with E-state index < -0.39 is 10.0 Å². The predicted molar refractivity (Wildman–Crippen MR) is 133 cm³/mol. The number of benzene rings is 2. The molecule has 4 N–H and O–H groups in total. The Labute approximate surface area is 209 Å². The normalized spacial score (nSPS) is 11.5. The number of nitrogens with two attached hydrogens (primary N) is 1. The molecule has 4 rings (SSSR count). The van der Waals surface area contributed by atoms with Crippen LogP contribution in [0.2, 0.25) is 5.02 Å². The van der Waals surface area contributed by atoms with Gasteiger partial charge in [0.2, 0.25) is 15.9 Å². The van der Waals surface area contributed by atoms with Crippen molar-refractivity contribution in [1.82, 2.24) is 25.5 Å². The van der Waals surface area contributed by atoms with Gasteiger partial charge in [0.05, 0.1) is 4.90 Å². The SMILES string of the molecule is CN(O)C(=S)SCc1nn[nH]c1-c1nc(-c2ccc(Cl)cc2)c(-c2ccc(S(N)(=O)=O)cc2)o1. The lowest BCUT2D eigenvalue weighted by molar-refractivity contribution is 0.0205. The summed E-state index contributed by atoms with van der Waals surface area (Å²) in [4.78, 5) is 4.63. The van der Waals surface area contributed by atoms with Crippen molar-refractivity contribution in [3.63, 3.8) is 0 Å². The molecule has 0 bridgehead atoms. The minimum atomic E-state index is -3.84. The smallest absolute Gasteiger partial charge is 0.247 e. The highest BCUT2D eigenvalue weighted by Crippen LogP contribution is 2.37. The molecule has 0 aliphatic rings. The molecule has 0 atom stereocenters.